The standard InChI is InChI=1S/C18H28N6/c1-3-7-21-9-11-23-13-14-24-12-10-22-8-4-2-6-20-17(22)15(18(23)24)16(21)19-5-1/h1-14H2. The van der Waals surface area contributed by atoms with Gasteiger partial charge in [0.25, 0.3) is 0 Å². The summed E-state index contributed by atoms with van der Waals surface area (Å²) in [5.41, 5.74) is 1.35. The van der Waals surface area contributed by atoms with Crippen LogP contribution >= 0.6 is 0 Å². The van der Waals surface area contributed by atoms with Crippen LogP contribution in [0, 0.1) is 0 Å². The minimum atomic E-state index is 0.968. The normalized spacial score (nSPS) is 27.3. The predicted octanol–water partition coefficient (Wildman–Crippen LogP) is 0.831. The first-order chi connectivity index (χ1) is 11.9. The maximum atomic E-state index is 5.07. The molecule has 24 heavy (non-hydrogen) atoms. The fourth-order valence-electron chi connectivity index (χ4n) is 4.71. The number of amidine groups is 2. The van der Waals surface area contributed by atoms with E-state index in [2.05, 4.69) is 19.6 Å². The van der Waals surface area contributed by atoms with E-state index in [0.29, 0.717) is 0 Å². The van der Waals surface area contributed by atoms with Gasteiger partial charge >= 0.3 is 0 Å². The van der Waals surface area contributed by atoms with Gasteiger partial charge in [-0.05, 0) is 25.7 Å². The average molecular weight is 328 g/mol. The highest BCUT2D eigenvalue weighted by Crippen LogP contribution is 2.31. The lowest BCUT2D eigenvalue weighted by molar-refractivity contribution is 0.300. The zero-order chi connectivity index (χ0) is 15.9. The van der Waals surface area contributed by atoms with Gasteiger partial charge < -0.3 is 19.6 Å². The Labute approximate surface area is 144 Å². The van der Waals surface area contributed by atoms with Crippen LogP contribution in [0.3, 0.4) is 0 Å². The number of hydrogen-bond donors (Lipinski definition) is 0. The lowest BCUT2D eigenvalue weighted by atomic mass is 10.1. The third-order valence-corrected chi connectivity index (χ3v) is 5.98. The number of aliphatic imine (C=N–C) groups is 2. The lowest BCUT2D eigenvalue weighted by Crippen LogP contribution is -2.40. The van der Waals surface area contributed by atoms with Crippen molar-refractivity contribution in [2.24, 2.45) is 9.98 Å². The van der Waals surface area contributed by atoms with Gasteiger partial charge in [-0.1, -0.05) is 0 Å². The first-order valence-electron chi connectivity index (χ1n) is 9.75. The van der Waals surface area contributed by atoms with Crippen LogP contribution in [-0.4, -0.2) is 96.7 Å². The first kappa shape index (κ1) is 14.6. The summed E-state index contributed by atoms with van der Waals surface area (Å²) in [6.45, 7) is 11.0. The molecule has 0 aromatic carbocycles. The van der Waals surface area contributed by atoms with Gasteiger partial charge in [-0.15, -0.1) is 0 Å². The van der Waals surface area contributed by atoms with Gasteiger partial charge in [0.2, 0.25) is 0 Å². The van der Waals surface area contributed by atoms with Crippen molar-refractivity contribution in [2.45, 2.75) is 25.7 Å². The molecule has 0 aromatic rings. The number of nitrogens with zero attached hydrogens (tertiary/aromatic N) is 6. The minimum absolute atomic E-state index is 0.968. The topological polar surface area (TPSA) is 37.7 Å². The molecule has 0 amide bonds. The highest BCUT2D eigenvalue weighted by molar-refractivity contribution is 6.23. The van der Waals surface area contributed by atoms with Gasteiger partial charge in [-0.2, -0.15) is 0 Å². The van der Waals surface area contributed by atoms with E-state index in [-0.39, 0.29) is 0 Å². The molecule has 0 radical (unpaired) electrons. The summed E-state index contributed by atoms with van der Waals surface area (Å²) in [5.74, 6) is 3.91. The smallest absolute Gasteiger partial charge is 0.138 e. The van der Waals surface area contributed by atoms with Crippen LogP contribution in [-0.2, 0) is 0 Å². The Hall–Kier alpha value is -1.72. The van der Waals surface area contributed by atoms with Crippen LogP contribution in [0.1, 0.15) is 25.7 Å². The zero-order valence-corrected chi connectivity index (χ0v) is 14.6. The highest BCUT2D eigenvalue weighted by atomic mass is 15.4. The SMILES string of the molecule is C1CCN2CCN3CCN4CCN5CCCCN=C5C(=C34)C2=NC1. The summed E-state index contributed by atoms with van der Waals surface area (Å²) < 4.78 is 0. The molecule has 0 atom stereocenters. The first-order valence-corrected chi connectivity index (χ1v) is 9.75. The van der Waals surface area contributed by atoms with Crippen molar-refractivity contribution in [3.05, 3.63) is 11.4 Å². The number of rotatable bonds is 0. The van der Waals surface area contributed by atoms with Crippen LogP contribution in [0.4, 0.5) is 0 Å². The third-order valence-electron chi connectivity index (χ3n) is 5.98. The Bertz CT molecular complexity index is 557. The molecule has 0 spiro atoms. The van der Waals surface area contributed by atoms with Gasteiger partial charge in [0.15, 0.2) is 0 Å². The molecular formula is C18H28N6. The van der Waals surface area contributed by atoms with Gasteiger partial charge in [-0.3, -0.25) is 9.98 Å². The Kier molecular flexibility index (Phi) is 3.64. The Morgan fingerprint density at radius 1 is 0.500 bits per heavy atom. The van der Waals surface area contributed by atoms with E-state index in [4.69, 9.17) is 9.98 Å². The van der Waals surface area contributed by atoms with Crippen LogP contribution in [0.15, 0.2) is 21.4 Å². The maximum Gasteiger partial charge on any atom is 0.138 e. The molecule has 5 aliphatic heterocycles. The Balaban J connectivity index is 1.69. The largest absolute Gasteiger partial charge is 0.354 e. The van der Waals surface area contributed by atoms with E-state index in [1.165, 1.54) is 48.7 Å². The highest BCUT2D eigenvalue weighted by Gasteiger charge is 2.40. The van der Waals surface area contributed by atoms with Crippen molar-refractivity contribution in [3.63, 3.8) is 0 Å². The summed E-state index contributed by atoms with van der Waals surface area (Å²) in [4.78, 5) is 20.4. The monoisotopic (exact) mass is 328 g/mol. The summed E-state index contributed by atoms with van der Waals surface area (Å²) in [5, 5.41) is 0. The molecule has 5 heterocycles. The predicted molar refractivity (Wildman–Crippen MR) is 96.4 cm³/mol. The second-order valence-corrected chi connectivity index (χ2v) is 7.47. The van der Waals surface area contributed by atoms with E-state index in [0.717, 1.165) is 65.4 Å². The number of hydrogen-bond acceptors (Lipinski definition) is 6. The van der Waals surface area contributed by atoms with E-state index >= 15 is 0 Å². The van der Waals surface area contributed by atoms with Crippen LogP contribution in [0.25, 0.3) is 0 Å². The quantitative estimate of drug-likeness (QED) is 0.660. The molecule has 0 bridgehead atoms. The molecule has 6 nitrogen and oxygen atoms in total. The average Bonchev–Trinajstić information content (AvgIpc) is 2.82. The fourth-order valence-corrected chi connectivity index (χ4v) is 4.71. The van der Waals surface area contributed by atoms with E-state index in [9.17, 15) is 0 Å². The van der Waals surface area contributed by atoms with Gasteiger partial charge in [0.05, 0.1) is 5.57 Å². The number of fused-ring (bicyclic) bond motifs is 4. The fraction of sp³-hybridized carbons (Fsp3) is 0.778. The van der Waals surface area contributed by atoms with Crippen molar-refractivity contribution in [3.8, 4) is 0 Å². The third kappa shape index (κ3) is 2.30. The second-order valence-electron chi connectivity index (χ2n) is 7.47. The van der Waals surface area contributed by atoms with Crippen molar-refractivity contribution in [2.75, 3.05) is 65.4 Å². The molecule has 130 valence electrons. The van der Waals surface area contributed by atoms with Gasteiger partial charge in [-0.25, -0.2) is 0 Å². The van der Waals surface area contributed by atoms with Crippen molar-refractivity contribution >= 4 is 11.7 Å². The molecular weight excluding hydrogens is 300 g/mol. The summed E-state index contributed by atoms with van der Waals surface area (Å²) >= 11 is 0. The molecule has 0 aliphatic carbocycles. The second kappa shape index (κ2) is 5.97. The van der Waals surface area contributed by atoms with Crippen molar-refractivity contribution in [1.29, 1.82) is 0 Å². The van der Waals surface area contributed by atoms with E-state index in [1.54, 1.807) is 0 Å². The van der Waals surface area contributed by atoms with Crippen LogP contribution < -0.4 is 0 Å². The maximum absolute atomic E-state index is 5.07. The van der Waals surface area contributed by atoms with Crippen molar-refractivity contribution < 1.29 is 0 Å². The molecule has 0 aromatic heterocycles. The van der Waals surface area contributed by atoms with Crippen molar-refractivity contribution in [1.82, 2.24) is 19.6 Å². The molecule has 1 fully saturated rings. The molecule has 5 rings (SSSR count). The summed E-state index contributed by atoms with van der Waals surface area (Å²) in [6.07, 6.45) is 4.95. The lowest BCUT2D eigenvalue weighted by Gasteiger charge is -2.28. The Morgan fingerprint density at radius 3 is 1.46 bits per heavy atom. The van der Waals surface area contributed by atoms with E-state index in [1.807, 2.05) is 0 Å². The minimum Gasteiger partial charge on any atom is -0.354 e. The van der Waals surface area contributed by atoms with Crippen LogP contribution in [0.2, 0.25) is 0 Å². The van der Waals surface area contributed by atoms with Gasteiger partial charge in [0, 0.05) is 65.4 Å². The molecule has 5 aliphatic rings. The molecule has 6 heteroatoms. The summed E-state index contributed by atoms with van der Waals surface area (Å²) in [7, 11) is 0. The molecule has 1 saturated heterocycles. The molecule has 0 saturated carbocycles. The van der Waals surface area contributed by atoms with Gasteiger partial charge in [0.1, 0.15) is 17.5 Å². The van der Waals surface area contributed by atoms with E-state index < -0.39 is 0 Å². The summed E-state index contributed by atoms with van der Waals surface area (Å²) in [6, 6.07) is 0. The molecule has 0 unspecified atom stereocenters. The molecule has 0 N–H and O–H groups in total. The van der Waals surface area contributed by atoms with Crippen LogP contribution in [0.5, 0.6) is 0 Å². The zero-order valence-electron chi connectivity index (χ0n) is 14.6. The Morgan fingerprint density at radius 2 is 0.958 bits per heavy atom.